The third-order valence-electron chi connectivity index (χ3n) is 3.65. The van der Waals surface area contributed by atoms with E-state index in [1.54, 1.807) is 6.92 Å². The highest BCUT2D eigenvalue weighted by molar-refractivity contribution is 5.92. The molecule has 8 nitrogen and oxygen atoms in total. The molecule has 0 fully saturated rings. The molecule has 0 spiro atoms. The highest BCUT2D eigenvalue weighted by Gasteiger charge is 2.16. The normalized spacial score (nSPS) is 12.2. The van der Waals surface area contributed by atoms with Gasteiger partial charge in [0, 0.05) is 12.1 Å². The van der Waals surface area contributed by atoms with Crippen molar-refractivity contribution in [3.63, 3.8) is 0 Å². The summed E-state index contributed by atoms with van der Waals surface area (Å²) in [7, 11) is 0. The second kappa shape index (κ2) is 8.49. The zero-order valence-electron chi connectivity index (χ0n) is 14.3. The molecular formula is C16H24N4O4. The maximum atomic E-state index is 11.9. The van der Waals surface area contributed by atoms with E-state index < -0.39 is 0 Å². The van der Waals surface area contributed by atoms with Gasteiger partial charge >= 0.3 is 0 Å². The number of aliphatic hydroxyl groups excluding tert-OH is 1. The van der Waals surface area contributed by atoms with E-state index in [-0.39, 0.29) is 30.9 Å². The van der Waals surface area contributed by atoms with Crippen LogP contribution in [0.25, 0.3) is 0 Å². The van der Waals surface area contributed by atoms with E-state index in [1.165, 1.54) is 6.07 Å². The number of carbonyl (C=O) groups excluding carboxylic acids is 1. The van der Waals surface area contributed by atoms with Crippen LogP contribution in [0.15, 0.2) is 10.6 Å². The van der Waals surface area contributed by atoms with E-state index in [4.69, 9.17) is 14.4 Å². The van der Waals surface area contributed by atoms with Crippen molar-refractivity contribution in [1.29, 1.82) is 0 Å². The molecule has 0 saturated carbocycles. The number of hydrogen-bond donors (Lipinski definition) is 3. The number of aliphatic hydroxyl groups is 1. The Balaban J connectivity index is 1.96. The van der Waals surface area contributed by atoms with Crippen molar-refractivity contribution >= 4 is 5.91 Å². The number of aryl methyl sites for hydroxylation is 2. The number of H-pyrrole nitrogens is 1. The van der Waals surface area contributed by atoms with Gasteiger partial charge < -0.3 is 19.7 Å². The molecule has 2 heterocycles. The lowest BCUT2D eigenvalue weighted by Gasteiger charge is -2.08. The fourth-order valence-corrected chi connectivity index (χ4v) is 2.15. The molecule has 1 amide bonds. The fraction of sp³-hybridized carbons (Fsp3) is 0.562. The molecule has 24 heavy (non-hydrogen) atoms. The highest BCUT2D eigenvalue weighted by atomic mass is 16.5. The lowest BCUT2D eigenvalue weighted by Crippen LogP contribution is -2.35. The van der Waals surface area contributed by atoms with Gasteiger partial charge in [-0.15, -0.1) is 5.10 Å². The van der Waals surface area contributed by atoms with Gasteiger partial charge in [0.25, 0.3) is 5.91 Å². The molecule has 8 heteroatoms. The SMILES string of the molecule is CCCCc1noc(C)c1COc1cc(C(=O)NC(C)CO)[nH]n1. The predicted octanol–water partition coefficient (Wildman–Crippen LogP) is 1.74. The van der Waals surface area contributed by atoms with Gasteiger partial charge in [0.15, 0.2) is 0 Å². The molecule has 1 unspecified atom stereocenters. The monoisotopic (exact) mass is 336 g/mol. The Hall–Kier alpha value is -2.35. The number of nitrogens with one attached hydrogen (secondary N) is 2. The number of carbonyl (C=O) groups is 1. The van der Waals surface area contributed by atoms with E-state index >= 15 is 0 Å². The maximum Gasteiger partial charge on any atom is 0.269 e. The van der Waals surface area contributed by atoms with E-state index in [2.05, 4.69) is 27.6 Å². The maximum absolute atomic E-state index is 11.9. The molecule has 2 aromatic rings. The van der Waals surface area contributed by atoms with E-state index in [0.717, 1.165) is 36.3 Å². The van der Waals surface area contributed by atoms with Gasteiger partial charge in [-0.3, -0.25) is 9.89 Å². The average molecular weight is 336 g/mol. The van der Waals surface area contributed by atoms with Gasteiger partial charge in [-0.2, -0.15) is 0 Å². The molecule has 0 bridgehead atoms. The second-order valence-corrected chi connectivity index (χ2v) is 5.73. The molecule has 0 radical (unpaired) electrons. The summed E-state index contributed by atoms with van der Waals surface area (Å²) in [5, 5.41) is 22.2. The Labute approximate surface area is 140 Å². The summed E-state index contributed by atoms with van der Waals surface area (Å²) in [6, 6.07) is 1.19. The van der Waals surface area contributed by atoms with Gasteiger partial charge in [-0.25, -0.2) is 0 Å². The average Bonchev–Trinajstić information content (AvgIpc) is 3.18. The molecular weight excluding hydrogens is 312 g/mol. The largest absolute Gasteiger partial charge is 0.472 e. The van der Waals surface area contributed by atoms with Gasteiger partial charge in [-0.1, -0.05) is 18.5 Å². The first-order valence-electron chi connectivity index (χ1n) is 8.09. The number of rotatable bonds is 9. The van der Waals surface area contributed by atoms with Crippen LogP contribution in [0, 0.1) is 6.92 Å². The Morgan fingerprint density at radius 3 is 3.04 bits per heavy atom. The van der Waals surface area contributed by atoms with Gasteiger partial charge in [0.2, 0.25) is 5.88 Å². The molecule has 0 aliphatic carbocycles. The number of unbranched alkanes of at least 4 members (excludes halogenated alkanes) is 1. The van der Waals surface area contributed by atoms with Crippen LogP contribution in [0.3, 0.4) is 0 Å². The first-order chi connectivity index (χ1) is 11.5. The van der Waals surface area contributed by atoms with E-state index in [9.17, 15) is 4.79 Å². The summed E-state index contributed by atoms with van der Waals surface area (Å²) >= 11 is 0. The Morgan fingerprint density at radius 2 is 2.33 bits per heavy atom. The summed E-state index contributed by atoms with van der Waals surface area (Å²) in [4.78, 5) is 11.9. The number of hydrogen-bond acceptors (Lipinski definition) is 6. The van der Waals surface area contributed by atoms with Crippen molar-refractivity contribution in [2.45, 2.75) is 52.7 Å². The summed E-state index contributed by atoms with van der Waals surface area (Å²) in [5.74, 6) is 0.703. The molecule has 0 saturated heterocycles. The van der Waals surface area contributed by atoms with Crippen molar-refractivity contribution in [1.82, 2.24) is 20.7 Å². The van der Waals surface area contributed by atoms with Crippen molar-refractivity contribution in [2.75, 3.05) is 6.61 Å². The van der Waals surface area contributed by atoms with Crippen molar-refractivity contribution in [3.05, 3.63) is 28.8 Å². The van der Waals surface area contributed by atoms with Crippen LogP contribution < -0.4 is 10.1 Å². The molecule has 0 aliphatic rings. The Morgan fingerprint density at radius 1 is 1.54 bits per heavy atom. The van der Waals surface area contributed by atoms with Gasteiger partial charge in [0.05, 0.1) is 17.9 Å². The lowest BCUT2D eigenvalue weighted by atomic mass is 10.1. The van der Waals surface area contributed by atoms with Crippen LogP contribution in [0.1, 0.15) is 54.2 Å². The quantitative estimate of drug-likeness (QED) is 0.643. The standard InChI is InChI=1S/C16H24N4O4/c1-4-5-6-13-12(11(3)24-20-13)9-23-15-7-14(18-19-15)16(22)17-10(2)8-21/h7,10,21H,4-6,8-9H2,1-3H3,(H,17,22)(H,18,19). The lowest BCUT2D eigenvalue weighted by molar-refractivity contribution is 0.0917. The van der Waals surface area contributed by atoms with E-state index in [1.807, 2.05) is 6.92 Å². The first-order valence-corrected chi connectivity index (χ1v) is 8.09. The fourth-order valence-electron chi connectivity index (χ4n) is 2.15. The summed E-state index contributed by atoms with van der Waals surface area (Å²) in [6.07, 6.45) is 2.96. The smallest absolute Gasteiger partial charge is 0.269 e. The van der Waals surface area contributed by atoms with Crippen molar-refractivity contribution in [2.24, 2.45) is 0 Å². The van der Waals surface area contributed by atoms with E-state index in [0.29, 0.717) is 5.88 Å². The van der Waals surface area contributed by atoms with Crippen LogP contribution in [-0.4, -0.2) is 39.0 Å². The van der Waals surface area contributed by atoms with Gasteiger partial charge in [-0.05, 0) is 26.7 Å². The Bertz CT molecular complexity index is 665. The van der Waals surface area contributed by atoms with Crippen LogP contribution in [-0.2, 0) is 13.0 Å². The van der Waals surface area contributed by atoms with Crippen LogP contribution in [0.4, 0.5) is 0 Å². The molecule has 0 aliphatic heterocycles. The van der Waals surface area contributed by atoms with Crippen LogP contribution in [0.2, 0.25) is 0 Å². The summed E-state index contributed by atoms with van der Waals surface area (Å²) in [6.45, 7) is 5.83. The van der Waals surface area contributed by atoms with Gasteiger partial charge in [0.1, 0.15) is 18.1 Å². The highest BCUT2D eigenvalue weighted by Crippen LogP contribution is 2.18. The molecule has 1 atom stereocenters. The topological polar surface area (TPSA) is 113 Å². The van der Waals surface area contributed by atoms with Crippen LogP contribution >= 0.6 is 0 Å². The number of nitrogens with zero attached hydrogens (tertiary/aromatic N) is 2. The van der Waals surface area contributed by atoms with Crippen LogP contribution in [0.5, 0.6) is 5.88 Å². The molecule has 0 aromatic carbocycles. The minimum absolute atomic E-state index is 0.128. The van der Waals surface area contributed by atoms with Crippen molar-refractivity contribution in [3.8, 4) is 5.88 Å². The minimum atomic E-state index is -0.344. The zero-order chi connectivity index (χ0) is 17.5. The summed E-state index contributed by atoms with van der Waals surface area (Å²) in [5.41, 5.74) is 2.10. The Kier molecular flexibility index (Phi) is 6.36. The third-order valence-corrected chi connectivity index (χ3v) is 3.65. The molecule has 2 aromatic heterocycles. The molecule has 2 rings (SSSR count). The first kappa shape index (κ1) is 18.0. The predicted molar refractivity (Wildman–Crippen MR) is 86.8 cm³/mol. The van der Waals surface area contributed by atoms with Crippen molar-refractivity contribution < 1.29 is 19.2 Å². The molecule has 132 valence electrons. The number of aromatic amines is 1. The summed E-state index contributed by atoms with van der Waals surface area (Å²) < 4.78 is 10.9. The minimum Gasteiger partial charge on any atom is -0.472 e. The number of amides is 1. The second-order valence-electron chi connectivity index (χ2n) is 5.73. The number of ether oxygens (including phenoxy) is 1. The zero-order valence-corrected chi connectivity index (χ0v) is 14.3. The molecule has 3 N–H and O–H groups in total. The number of aromatic nitrogens is 3. The third kappa shape index (κ3) is 4.58.